The fourth-order valence-corrected chi connectivity index (χ4v) is 1.11. The molecule has 0 bridgehead atoms. The van der Waals surface area contributed by atoms with Crippen LogP contribution in [0.4, 0.5) is 8.78 Å². The molecule has 0 aliphatic rings. The van der Waals surface area contributed by atoms with Crippen LogP contribution < -0.4 is 5.73 Å². The molecule has 13 heavy (non-hydrogen) atoms. The minimum Gasteiger partial charge on any atom is -0.323 e. The summed E-state index contributed by atoms with van der Waals surface area (Å²) in [5.41, 5.74) is 5.79. The van der Waals surface area contributed by atoms with Crippen LogP contribution in [0.25, 0.3) is 0 Å². The lowest BCUT2D eigenvalue weighted by Crippen LogP contribution is -2.31. The number of hydrogen-bond acceptors (Lipinski definition) is 2. The first-order chi connectivity index (χ1) is 6.11. The van der Waals surface area contributed by atoms with Crippen molar-refractivity contribution < 1.29 is 8.78 Å². The molecular weight excluding hydrogens is 198 g/mol. The summed E-state index contributed by atoms with van der Waals surface area (Å²) in [4.78, 5) is 3.74. The van der Waals surface area contributed by atoms with Crippen LogP contribution in [0, 0.1) is 0 Å². The van der Waals surface area contributed by atoms with E-state index in [-0.39, 0.29) is 6.42 Å². The second kappa shape index (κ2) is 4.48. The van der Waals surface area contributed by atoms with Gasteiger partial charge in [-0.05, 0) is 18.1 Å². The van der Waals surface area contributed by atoms with Gasteiger partial charge in [0.05, 0.1) is 11.1 Å². The molecule has 0 spiro atoms. The Morgan fingerprint density at radius 2 is 2.23 bits per heavy atom. The maximum absolute atomic E-state index is 12.1. The van der Waals surface area contributed by atoms with Gasteiger partial charge in [-0.1, -0.05) is 11.6 Å². The van der Waals surface area contributed by atoms with E-state index < -0.39 is 12.5 Å². The quantitative estimate of drug-likeness (QED) is 0.820. The molecule has 0 saturated heterocycles. The second-order valence-electron chi connectivity index (χ2n) is 2.67. The Morgan fingerprint density at radius 1 is 1.54 bits per heavy atom. The molecule has 1 atom stereocenters. The van der Waals surface area contributed by atoms with Crippen molar-refractivity contribution in [3.8, 4) is 0 Å². The zero-order valence-electron chi connectivity index (χ0n) is 6.75. The fourth-order valence-electron chi connectivity index (χ4n) is 0.913. The van der Waals surface area contributed by atoms with Crippen LogP contribution in [-0.4, -0.2) is 17.5 Å². The maximum Gasteiger partial charge on any atom is 0.253 e. The molecule has 1 rings (SSSR count). The minimum atomic E-state index is -2.52. The van der Waals surface area contributed by atoms with E-state index in [1.165, 1.54) is 12.4 Å². The molecule has 1 unspecified atom stereocenters. The minimum absolute atomic E-state index is 0.0685. The molecule has 0 aliphatic heterocycles. The number of alkyl halides is 2. The highest BCUT2D eigenvalue weighted by Crippen LogP contribution is 2.16. The van der Waals surface area contributed by atoms with Crippen molar-refractivity contribution in [1.82, 2.24) is 4.98 Å². The Morgan fingerprint density at radius 3 is 2.77 bits per heavy atom. The van der Waals surface area contributed by atoms with Crippen molar-refractivity contribution in [3.05, 3.63) is 29.0 Å². The molecule has 5 heteroatoms. The van der Waals surface area contributed by atoms with Gasteiger partial charge >= 0.3 is 0 Å². The number of nitrogens with zero attached hydrogens (tertiary/aromatic N) is 1. The van der Waals surface area contributed by atoms with Crippen LogP contribution >= 0.6 is 11.6 Å². The summed E-state index contributed by atoms with van der Waals surface area (Å²) < 4.78 is 24.1. The average molecular weight is 207 g/mol. The van der Waals surface area contributed by atoms with Crippen LogP contribution in [0.3, 0.4) is 0 Å². The first kappa shape index (κ1) is 10.3. The van der Waals surface area contributed by atoms with Crippen molar-refractivity contribution in [1.29, 1.82) is 0 Å². The van der Waals surface area contributed by atoms with E-state index in [2.05, 4.69) is 4.98 Å². The number of nitrogens with two attached hydrogens (primary N) is 1. The summed E-state index contributed by atoms with van der Waals surface area (Å²) in [5.74, 6) is 0. The Hall–Kier alpha value is -0.740. The van der Waals surface area contributed by atoms with Gasteiger partial charge in [0, 0.05) is 12.4 Å². The zero-order valence-corrected chi connectivity index (χ0v) is 7.51. The van der Waals surface area contributed by atoms with Crippen LogP contribution in [0.1, 0.15) is 5.56 Å². The van der Waals surface area contributed by atoms with E-state index in [1.807, 2.05) is 0 Å². The summed E-state index contributed by atoms with van der Waals surface area (Å²) in [6.45, 7) is 0. The number of rotatable bonds is 3. The average Bonchev–Trinajstić information content (AvgIpc) is 2.08. The largest absolute Gasteiger partial charge is 0.323 e. The monoisotopic (exact) mass is 206 g/mol. The molecule has 0 radical (unpaired) electrons. The van der Waals surface area contributed by atoms with Crippen LogP contribution in [0.5, 0.6) is 0 Å². The summed E-state index contributed by atoms with van der Waals surface area (Å²) in [7, 11) is 0. The highest BCUT2D eigenvalue weighted by Gasteiger charge is 2.16. The highest BCUT2D eigenvalue weighted by atomic mass is 35.5. The van der Waals surface area contributed by atoms with E-state index in [0.29, 0.717) is 10.6 Å². The summed E-state index contributed by atoms with van der Waals surface area (Å²) >= 11 is 5.71. The molecule has 0 aliphatic carbocycles. The predicted octanol–water partition coefficient (Wildman–Crippen LogP) is 1.87. The lowest BCUT2D eigenvalue weighted by Gasteiger charge is -2.10. The molecule has 0 aromatic carbocycles. The third-order valence-electron chi connectivity index (χ3n) is 1.64. The molecule has 1 aromatic heterocycles. The summed E-state index contributed by atoms with van der Waals surface area (Å²) in [5, 5.41) is 0.374. The highest BCUT2D eigenvalue weighted by molar-refractivity contribution is 6.31. The van der Waals surface area contributed by atoms with Gasteiger partial charge in [0.2, 0.25) is 0 Å². The number of hydrogen-bond donors (Lipinski definition) is 1. The standard InChI is InChI=1S/C8H9ClF2N2/c9-6-4-13-2-1-5(6)3-7(12)8(10)11/h1-2,4,7-8H,3,12H2. The van der Waals surface area contributed by atoms with Gasteiger partial charge in [0.25, 0.3) is 6.43 Å². The van der Waals surface area contributed by atoms with Crippen molar-refractivity contribution in [2.75, 3.05) is 0 Å². The van der Waals surface area contributed by atoms with E-state index in [9.17, 15) is 8.78 Å². The van der Waals surface area contributed by atoms with E-state index in [4.69, 9.17) is 17.3 Å². The van der Waals surface area contributed by atoms with Crippen LogP contribution in [-0.2, 0) is 6.42 Å². The maximum atomic E-state index is 12.1. The lowest BCUT2D eigenvalue weighted by atomic mass is 10.1. The SMILES string of the molecule is NC(Cc1ccncc1Cl)C(F)F. The molecule has 2 nitrogen and oxygen atoms in total. The Balaban J connectivity index is 2.69. The van der Waals surface area contributed by atoms with Gasteiger partial charge in [-0.2, -0.15) is 0 Å². The third kappa shape index (κ3) is 2.90. The topological polar surface area (TPSA) is 38.9 Å². The smallest absolute Gasteiger partial charge is 0.253 e. The molecular formula is C8H9ClF2N2. The van der Waals surface area contributed by atoms with Gasteiger partial charge < -0.3 is 5.73 Å². The zero-order chi connectivity index (χ0) is 9.84. The van der Waals surface area contributed by atoms with Crippen LogP contribution in [0.15, 0.2) is 18.5 Å². The van der Waals surface area contributed by atoms with Crippen molar-refractivity contribution in [2.45, 2.75) is 18.9 Å². The summed E-state index contributed by atoms with van der Waals surface area (Å²) in [6.07, 6.45) is 0.456. The molecule has 0 fully saturated rings. The van der Waals surface area contributed by atoms with E-state index in [1.54, 1.807) is 6.07 Å². The van der Waals surface area contributed by atoms with Crippen LogP contribution in [0.2, 0.25) is 5.02 Å². The van der Waals surface area contributed by atoms with Gasteiger partial charge in [-0.25, -0.2) is 8.78 Å². The van der Waals surface area contributed by atoms with Crippen molar-refractivity contribution in [3.63, 3.8) is 0 Å². The Kier molecular flexibility index (Phi) is 3.57. The lowest BCUT2D eigenvalue weighted by molar-refractivity contribution is 0.116. The molecule has 1 heterocycles. The first-order valence-corrected chi connectivity index (χ1v) is 4.11. The molecule has 0 saturated carbocycles. The second-order valence-corrected chi connectivity index (χ2v) is 3.08. The fraction of sp³-hybridized carbons (Fsp3) is 0.375. The Bertz CT molecular complexity index is 281. The van der Waals surface area contributed by atoms with Crippen molar-refractivity contribution >= 4 is 11.6 Å². The molecule has 2 N–H and O–H groups in total. The van der Waals surface area contributed by atoms with Gasteiger partial charge in [-0.3, -0.25) is 4.98 Å². The first-order valence-electron chi connectivity index (χ1n) is 3.73. The van der Waals surface area contributed by atoms with Gasteiger partial charge in [0.15, 0.2) is 0 Å². The third-order valence-corrected chi connectivity index (χ3v) is 1.98. The predicted molar refractivity (Wildman–Crippen MR) is 46.9 cm³/mol. The van der Waals surface area contributed by atoms with Gasteiger partial charge in [-0.15, -0.1) is 0 Å². The Labute approximate surface area is 79.7 Å². The molecule has 0 amide bonds. The number of pyridine rings is 1. The summed E-state index contributed by atoms with van der Waals surface area (Å²) in [6, 6.07) is 0.421. The molecule has 1 aromatic rings. The molecule has 72 valence electrons. The number of halogens is 3. The van der Waals surface area contributed by atoms with E-state index in [0.717, 1.165) is 0 Å². The number of aromatic nitrogens is 1. The van der Waals surface area contributed by atoms with Crippen molar-refractivity contribution in [2.24, 2.45) is 5.73 Å². The normalized spacial score (nSPS) is 13.3. The van der Waals surface area contributed by atoms with Gasteiger partial charge in [0.1, 0.15) is 0 Å². The van der Waals surface area contributed by atoms with E-state index >= 15 is 0 Å².